The van der Waals surface area contributed by atoms with Crippen molar-refractivity contribution in [2.45, 2.75) is 26.2 Å². The molecule has 1 saturated heterocycles. The molecule has 0 atom stereocenters. The first-order chi connectivity index (χ1) is 10.6. The Balaban J connectivity index is 0.00000264. The first kappa shape index (κ1) is 20.4. The molecule has 6 heteroatoms. The summed E-state index contributed by atoms with van der Waals surface area (Å²) in [6, 6.07) is 5.89. The second-order valence-electron chi connectivity index (χ2n) is 6.12. The van der Waals surface area contributed by atoms with Crippen LogP contribution in [0.4, 0.5) is 5.69 Å². The van der Waals surface area contributed by atoms with E-state index < -0.39 is 0 Å². The number of hydrogen-bond donors (Lipinski definition) is 2. The largest absolute Gasteiger partial charge is 0.325 e. The lowest BCUT2D eigenvalue weighted by Crippen LogP contribution is -2.39. The summed E-state index contributed by atoms with van der Waals surface area (Å²) in [5, 5.41) is 6.20. The number of rotatable bonds is 6. The van der Waals surface area contributed by atoms with Crippen LogP contribution in [0.25, 0.3) is 0 Å². The number of benzene rings is 1. The first-order valence-electron chi connectivity index (χ1n) is 8.01. The highest BCUT2D eigenvalue weighted by Crippen LogP contribution is 2.21. The number of nitrogens with one attached hydrogen (secondary N) is 2. The molecule has 1 amide bonds. The molecule has 0 unspecified atom stereocenters. The normalized spacial score (nSPS) is 16.0. The predicted molar refractivity (Wildman–Crippen MR) is 102 cm³/mol. The summed E-state index contributed by atoms with van der Waals surface area (Å²) < 4.78 is 1.06. The molecule has 1 aromatic carbocycles. The van der Waals surface area contributed by atoms with Crippen LogP contribution in [0.1, 0.15) is 24.8 Å². The van der Waals surface area contributed by atoms with E-state index in [1.54, 1.807) is 0 Å². The molecule has 130 valence electrons. The van der Waals surface area contributed by atoms with E-state index in [4.69, 9.17) is 0 Å². The zero-order chi connectivity index (χ0) is 15.9. The minimum absolute atomic E-state index is 0. The molecule has 1 aliphatic rings. The molecule has 0 aliphatic carbocycles. The maximum atomic E-state index is 12.2. The van der Waals surface area contributed by atoms with E-state index in [-0.39, 0.29) is 18.3 Å². The van der Waals surface area contributed by atoms with Crippen LogP contribution in [0.15, 0.2) is 22.7 Å². The van der Waals surface area contributed by atoms with Gasteiger partial charge in [-0.2, -0.15) is 0 Å². The number of carbonyl (C=O) groups is 1. The van der Waals surface area contributed by atoms with Gasteiger partial charge in [0.15, 0.2) is 0 Å². The van der Waals surface area contributed by atoms with Crippen LogP contribution < -0.4 is 10.6 Å². The van der Waals surface area contributed by atoms with Gasteiger partial charge in [0.2, 0.25) is 5.91 Å². The van der Waals surface area contributed by atoms with Crippen molar-refractivity contribution in [1.82, 2.24) is 10.2 Å². The number of aryl methyl sites for hydroxylation is 1. The number of piperidine rings is 1. The quantitative estimate of drug-likeness (QED) is 0.763. The zero-order valence-corrected chi connectivity index (χ0v) is 16.3. The summed E-state index contributed by atoms with van der Waals surface area (Å²) >= 11 is 3.47. The van der Waals surface area contributed by atoms with E-state index in [0.29, 0.717) is 6.54 Å². The van der Waals surface area contributed by atoms with E-state index >= 15 is 0 Å². The summed E-state index contributed by atoms with van der Waals surface area (Å²) in [5.41, 5.74) is 2.00. The van der Waals surface area contributed by atoms with Crippen LogP contribution >= 0.6 is 28.3 Å². The molecule has 0 radical (unpaired) electrons. The van der Waals surface area contributed by atoms with Gasteiger partial charge in [0.1, 0.15) is 0 Å². The van der Waals surface area contributed by atoms with Gasteiger partial charge in [-0.05, 0) is 82.5 Å². The Morgan fingerprint density at radius 2 is 2.04 bits per heavy atom. The maximum absolute atomic E-state index is 12.2. The van der Waals surface area contributed by atoms with Crippen molar-refractivity contribution in [3.05, 3.63) is 28.2 Å². The Hall–Kier alpha value is -0.620. The van der Waals surface area contributed by atoms with Crippen LogP contribution in [0.5, 0.6) is 0 Å². The molecule has 0 bridgehead atoms. The van der Waals surface area contributed by atoms with Crippen molar-refractivity contribution in [3.8, 4) is 0 Å². The molecule has 0 spiro atoms. The van der Waals surface area contributed by atoms with Crippen molar-refractivity contribution >= 4 is 39.9 Å². The van der Waals surface area contributed by atoms with Crippen molar-refractivity contribution in [2.24, 2.45) is 5.92 Å². The standard InChI is InChI=1S/C17H26BrN3O.ClH/c1-13-11-15(3-4-16(13)18)20-17(22)12-21-9-6-14(7-10-21)5-8-19-2;/h3-4,11,14,19H,5-10,12H2,1-2H3,(H,20,22);1H. The Morgan fingerprint density at radius 3 is 2.65 bits per heavy atom. The Kier molecular flexibility index (Phi) is 9.14. The third kappa shape index (κ3) is 6.79. The van der Waals surface area contributed by atoms with Gasteiger partial charge in [-0.1, -0.05) is 15.9 Å². The fraction of sp³-hybridized carbons (Fsp3) is 0.588. The molecule has 0 aromatic heterocycles. The highest BCUT2D eigenvalue weighted by Gasteiger charge is 2.20. The van der Waals surface area contributed by atoms with Gasteiger partial charge in [0.05, 0.1) is 6.54 Å². The second kappa shape index (κ2) is 10.3. The van der Waals surface area contributed by atoms with E-state index in [0.717, 1.165) is 41.3 Å². The van der Waals surface area contributed by atoms with Crippen LogP contribution in [-0.2, 0) is 4.79 Å². The van der Waals surface area contributed by atoms with Gasteiger partial charge in [-0.3, -0.25) is 9.69 Å². The van der Waals surface area contributed by atoms with Crippen LogP contribution in [0, 0.1) is 12.8 Å². The minimum atomic E-state index is 0. The number of likely N-dealkylation sites (tertiary alicyclic amines) is 1. The van der Waals surface area contributed by atoms with Gasteiger partial charge in [0, 0.05) is 10.2 Å². The summed E-state index contributed by atoms with van der Waals surface area (Å²) in [7, 11) is 2.00. The van der Waals surface area contributed by atoms with E-state index in [2.05, 4.69) is 31.5 Å². The fourth-order valence-electron chi connectivity index (χ4n) is 2.91. The number of halogens is 2. The average Bonchev–Trinajstić information content (AvgIpc) is 2.50. The van der Waals surface area contributed by atoms with Crippen molar-refractivity contribution in [3.63, 3.8) is 0 Å². The number of carbonyl (C=O) groups excluding carboxylic acids is 1. The number of nitrogens with zero attached hydrogens (tertiary/aromatic N) is 1. The third-order valence-electron chi connectivity index (χ3n) is 4.32. The van der Waals surface area contributed by atoms with Gasteiger partial charge >= 0.3 is 0 Å². The lowest BCUT2D eigenvalue weighted by atomic mass is 9.93. The monoisotopic (exact) mass is 403 g/mol. The highest BCUT2D eigenvalue weighted by molar-refractivity contribution is 9.10. The van der Waals surface area contributed by atoms with E-state index in [9.17, 15) is 4.79 Å². The molecule has 1 aliphatic heterocycles. The lowest BCUT2D eigenvalue weighted by Gasteiger charge is -2.31. The average molecular weight is 405 g/mol. The number of anilines is 1. The SMILES string of the molecule is CNCCC1CCN(CC(=O)Nc2ccc(Br)c(C)c2)CC1.Cl. The first-order valence-corrected chi connectivity index (χ1v) is 8.80. The highest BCUT2D eigenvalue weighted by atomic mass is 79.9. The van der Waals surface area contributed by atoms with Gasteiger partial charge < -0.3 is 10.6 Å². The van der Waals surface area contributed by atoms with Crippen molar-refractivity contribution in [2.75, 3.05) is 38.5 Å². The Morgan fingerprint density at radius 1 is 1.35 bits per heavy atom. The van der Waals surface area contributed by atoms with Crippen LogP contribution in [0.2, 0.25) is 0 Å². The van der Waals surface area contributed by atoms with E-state index in [1.165, 1.54) is 19.3 Å². The van der Waals surface area contributed by atoms with Crippen molar-refractivity contribution < 1.29 is 4.79 Å². The predicted octanol–water partition coefficient (Wildman–Crippen LogP) is 3.44. The number of hydrogen-bond acceptors (Lipinski definition) is 3. The molecule has 23 heavy (non-hydrogen) atoms. The lowest BCUT2D eigenvalue weighted by molar-refractivity contribution is -0.117. The topological polar surface area (TPSA) is 44.4 Å². The summed E-state index contributed by atoms with van der Waals surface area (Å²) in [4.78, 5) is 14.4. The minimum Gasteiger partial charge on any atom is -0.325 e. The van der Waals surface area contributed by atoms with Gasteiger partial charge in [0.25, 0.3) is 0 Å². The van der Waals surface area contributed by atoms with Crippen molar-refractivity contribution in [1.29, 1.82) is 0 Å². The van der Waals surface area contributed by atoms with Gasteiger partial charge in [-0.25, -0.2) is 0 Å². The molecule has 1 fully saturated rings. The Bertz CT molecular complexity index is 505. The molecule has 0 saturated carbocycles. The summed E-state index contributed by atoms with van der Waals surface area (Å²) in [6.07, 6.45) is 3.65. The molecule has 1 aromatic rings. The molecule has 2 N–H and O–H groups in total. The van der Waals surface area contributed by atoms with E-state index in [1.807, 2.05) is 32.2 Å². The number of amides is 1. The smallest absolute Gasteiger partial charge is 0.238 e. The molecule has 4 nitrogen and oxygen atoms in total. The summed E-state index contributed by atoms with van der Waals surface area (Å²) in [6.45, 7) is 5.67. The van der Waals surface area contributed by atoms with Crippen LogP contribution in [-0.4, -0.2) is 44.0 Å². The second-order valence-corrected chi connectivity index (χ2v) is 6.98. The van der Waals surface area contributed by atoms with Crippen LogP contribution in [0.3, 0.4) is 0 Å². The molecular formula is C17H27BrClN3O. The third-order valence-corrected chi connectivity index (χ3v) is 5.21. The van der Waals surface area contributed by atoms with Gasteiger partial charge in [-0.15, -0.1) is 12.4 Å². The molecule has 2 rings (SSSR count). The molecular weight excluding hydrogens is 378 g/mol. The summed E-state index contributed by atoms with van der Waals surface area (Å²) in [5.74, 6) is 0.885. The fourth-order valence-corrected chi connectivity index (χ4v) is 3.15. The molecule has 1 heterocycles. The Labute approximate surface area is 153 Å². The maximum Gasteiger partial charge on any atom is 0.238 e. The zero-order valence-electron chi connectivity index (χ0n) is 13.9.